The van der Waals surface area contributed by atoms with E-state index in [1.54, 1.807) is 11.3 Å². The van der Waals surface area contributed by atoms with E-state index in [0.29, 0.717) is 6.04 Å². The molecule has 0 saturated heterocycles. The van der Waals surface area contributed by atoms with Crippen molar-refractivity contribution in [1.82, 2.24) is 4.90 Å². The molecule has 0 bridgehead atoms. The van der Waals surface area contributed by atoms with Crippen molar-refractivity contribution >= 4 is 11.3 Å². The van der Waals surface area contributed by atoms with Gasteiger partial charge in [0.1, 0.15) is 0 Å². The van der Waals surface area contributed by atoms with Crippen LogP contribution in [-0.2, 0) is 6.54 Å². The number of nitrogens with two attached hydrogens (primary N) is 1. The number of rotatable bonds is 5. The zero-order valence-electron chi connectivity index (χ0n) is 11.6. The Kier molecular flexibility index (Phi) is 5.22. The average Bonchev–Trinajstić information content (AvgIpc) is 2.85. The van der Waals surface area contributed by atoms with Gasteiger partial charge in [0, 0.05) is 19.1 Å². The van der Waals surface area contributed by atoms with Gasteiger partial charge in [-0.25, -0.2) is 0 Å². The fourth-order valence-electron chi connectivity index (χ4n) is 3.19. The Balaban J connectivity index is 1.91. The van der Waals surface area contributed by atoms with Gasteiger partial charge in [-0.2, -0.15) is 11.3 Å². The lowest BCUT2D eigenvalue weighted by Crippen LogP contribution is -2.44. The van der Waals surface area contributed by atoms with Crippen LogP contribution < -0.4 is 5.73 Å². The molecule has 1 heterocycles. The van der Waals surface area contributed by atoms with E-state index in [0.717, 1.165) is 24.9 Å². The first kappa shape index (κ1) is 14.0. The SMILES string of the molecule is CC1CCC(C(CN)N(C)Cc2ccsc2)CC1. The molecule has 1 fully saturated rings. The third kappa shape index (κ3) is 3.56. The van der Waals surface area contributed by atoms with Crippen molar-refractivity contribution in [3.05, 3.63) is 22.4 Å². The van der Waals surface area contributed by atoms with Crippen LogP contribution in [0.3, 0.4) is 0 Å². The van der Waals surface area contributed by atoms with E-state index in [1.165, 1.54) is 31.2 Å². The summed E-state index contributed by atoms with van der Waals surface area (Å²) in [4.78, 5) is 2.46. The number of thiophene rings is 1. The van der Waals surface area contributed by atoms with Crippen molar-refractivity contribution in [3.63, 3.8) is 0 Å². The van der Waals surface area contributed by atoms with E-state index < -0.39 is 0 Å². The summed E-state index contributed by atoms with van der Waals surface area (Å²) in [5.74, 6) is 1.72. The maximum absolute atomic E-state index is 6.03. The minimum Gasteiger partial charge on any atom is -0.329 e. The van der Waals surface area contributed by atoms with Crippen LogP contribution in [0, 0.1) is 11.8 Å². The van der Waals surface area contributed by atoms with Gasteiger partial charge >= 0.3 is 0 Å². The molecular weight excluding hydrogens is 240 g/mol. The summed E-state index contributed by atoms with van der Waals surface area (Å²) in [5, 5.41) is 4.40. The van der Waals surface area contributed by atoms with E-state index in [9.17, 15) is 0 Å². The van der Waals surface area contributed by atoms with Gasteiger partial charge in [0.05, 0.1) is 0 Å². The molecule has 0 aliphatic heterocycles. The third-order valence-electron chi connectivity index (χ3n) is 4.42. The summed E-state index contributed by atoms with van der Waals surface area (Å²) >= 11 is 1.78. The van der Waals surface area contributed by atoms with Gasteiger partial charge in [-0.15, -0.1) is 0 Å². The first-order valence-corrected chi connectivity index (χ1v) is 8.06. The molecule has 0 aromatic carbocycles. The predicted molar refractivity (Wildman–Crippen MR) is 79.8 cm³/mol. The average molecular weight is 266 g/mol. The lowest BCUT2D eigenvalue weighted by atomic mass is 9.79. The summed E-state index contributed by atoms with van der Waals surface area (Å²) in [5.41, 5.74) is 7.45. The number of hydrogen-bond acceptors (Lipinski definition) is 3. The van der Waals surface area contributed by atoms with Crippen LogP contribution in [0.2, 0.25) is 0 Å². The van der Waals surface area contributed by atoms with Crippen LogP contribution in [-0.4, -0.2) is 24.5 Å². The molecule has 2 N–H and O–H groups in total. The zero-order chi connectivity index (χ0) is 13.0. The summed E-state index contributed by atoms with van der Waals surface area (Å²) in [6.07, 6.45) is 5.48. The quantitative estimate of drug-likeness (QED) is 0.885. The van der Waals surface area contributed by atoms with Crippen molar-refractivity contribution in [2.45, 2.75) is 45.2 Å². The molecule has 0 radical (unpaired) electrons. The molecule has 3 heteroatoms. The Labute approximate surface area is 115 Å². The Morgan fingerprint density at radius 2 is 2.11 bits per heavy atom. The normalized spacial score (nSPS) is 26.4. The second kappa shape index (κ2) is 6.69. The molecule has 18 heavy (non-hydrogen) atoms. The number of hydrogen-bond donors (Lipinski definition) is 1. The molecule has 1 aromatic rings. The lowest BCUT2D eigenvalue weighted by molar-refractivity contribution is 0.130. The monoisotopic (exact) mass is 266 g/mol. The van der Waals surface area contributed by atoms with Crippen LogP contribution in [0.25, 0.3) is 0 Å². The second-order valence-electron chi connectivity index (χ2n) is 5.87. The fraction of sp³-hybridized carbons (Fsp3) is 0.733. The molecule has 2 nitrogen and oxygen atoms in total. The Morgan fingerprint density at radius 1 is 1.39 bits per heavy atom. The lowest BCUT2D eigenvalue weighted by Gasteiger charge is -2.37. The highest BCUT2D eigenvalue weighted by Crippen LogP contribution is 2.32. The molecule has 1 unspecified atom stereocenters. The topological polar surface area (TPSA) is 29.3 Å². The molecule has 2 rings (SSSR count). The van der Waals surface area contributed by atoms with Crippen molar-refractivity contribution < 1.29 is 0 Å². The standard InChI is InChI=1S/C15H26N2S/c1-12-3-5-14(6-4-12)15(9-16)17(2)10-13-7-8-18-11-13/h7-8,11-12,14-15H,3-6,9-10,16H2,1-2H3. The Bertz CT molecular complexity index is 328. The summed E-state index contributed by atoms with van der Waals surface area (Å²) in [6.45, 7) is 4.21. The van der Waals surface area contributed by atoms with Gasteiger partial charge < -0.3 is 5.73 Å². The largest absolute Gasteiger partial charge is 0.329 e. The van der Waals surface area contributed by atoms with E-state index in [2.05, 4.69) is 35.7 Å². The van der Waals surface area contributed by atoms with Gasteiger partial charge in [-0.05, 0) is 54.1 Å². The Hall–Kier alpha value is -0.380. The zero-order valence-corrected chi connectivity index (χ0v) is 12.5. The first-order valence-electron chi connectivity index (χ1n) is 7.12. The van der Waals surface area contributed by atoms with E-state index in [-0.39, 0.29) is 0 Å². The van der Waals surface area contributed by atoms with Crippen LogP contribution in [0.1, 0.15) is 38.2 Å². The van der Waals surface area contributed by atoms with Crippen molar-refractivity contribution in [3.8, 4) is 0 Å². The highest BCUT2D eigenvalue weighted by molar-refractivity contribution is 7.07. The molecule has 1 aromatic heterocycles. The first-order chi connectivity index (χ1) is 8.70. The number of likely N-dealkylation sites (N-methyl/N-ethyl adjacent to an activating group) is 1. The van der Waals surface area contributed by atoms with Gasteiger partial charge in [0.2, 0.25) is 0 Å². The van der Waals surface area contributed by atoms with Crippen molar-refractivity contribution in [2.75, 3.05) is 13.6 Å². The minimum absolute atomic E-state index is 0.553. The summed E-state index contributed by atoms with van der Waals surface area (Å²) < 4.78 is 0. The maximum Gasteiger partial charge on any atom is 0.0247 e. The molecule has 1 saturated carbocycles. The minimum atomic E-state index is 0.553. The highest BCUT2D eigenvalue weighted by atomic mass is 32.1. The van der Waals surface area contributed by atoms with Crippen LogP contribution in [0.5, 0.6) is 0 Å². The van der Waals surface area contributed by atoms with E-state index in [1.807, 2.05) is 0 Å². The van der Waals surface area contributed by atoms with Crippen LogP contribution in [0.15, 0.2) is 16.8 Å². The third-order valence-corrected chi connectivity index (χ3v) is 5.16. The molecule has 1 aliphatic rings. The van der Waals surface area contributed by atoms with Gasteiger partial charge in [0.25, 0.3) is 0 Å². The molecule has 102 valence electrons. The van der Waals surface area contributed by atoms with Gasteiger partial charge in [-0.3, -0.25) is 4.90 Å². The summed E-state index contributed by atoms with van der Waals surface area (Å²) in [6, 6.07) is 2.77. The second-order valence-corrected chi connectivity index (χ2v) is 6.65. The van der Waals surface area contributed by atoms with Crippen molar-refractivity contribution in [1.29, 1.82) is 0 Å². The fourth-order valence-corrected chi connectivity index (χ4v) is 3.85. The molecule has 1 aliphatic carbocycles. The Morgan fingerprint density at radius 3 is 2.67 bits per heavy atom. The van der Waals surface area contributed by atoms with Crippen molar-refractivity contribution in [2.24, 2.45) is 17.6 Å². The van der Waals surface area contributed by atoms with Crippen LogP contribution >= 0.6 is 11.3 Å². The van der Waals surface area contributed by atoms with Gasteiger partial charge in [0.15, 0.2) is 0 Å². The van der Waals surface area contributed by atoms with E-state index >= 15 is 0 Å². The summed E-state index contributed by atoms with van der Waals surface area (Å²) in [7, 11) is 2.23. The molecule has 0 spiro atoms. The molecule has 1 atom stereocenters. The van der Waals surface area contributed by atoms with Crippen LogP contribution in [0.4, 0.5) is 0 Å². The van der Waals surface area contributed by atoms with E-state index in [4.69, 9.17) is 5.73 Å². The molecular formula is C15H26N2S. The molecule has 0 amide bonds. The maximum atomic E-state index is 6.03. The highest BCUT2D eigenvalue weighted by Gasteiger charge is 2.27. The smallest absolute Gasteiger partial charge is 0.0247 e. The number of nitrogens with zero attached hydrogens (tertiary/aromatic N) is 1. The predicted octanol–water partition coefficient (Wildman–Crippen LogP) is 3.33. The van der Waals surface area contributed by atoms with Gasteiger partial charge in [-0.1, -0.05) is 19.8 Å².